The minimum absolute atomic E-state index is 0.00602. The summed E-state index contributed by atoms with van der Waals surface area (Å²) in [6, 6.07) is 8.44. The van der Waals surface area contributed by atoms with E-state index in [2.05, 4.69) is 15.2 Å². The Morgan fingerprint density at radius 2 is 1.95 bits per heavy atom. The third-order valence-corrected chi connectivity index (χ3v) is 6.16. The summed E-state index contributed by atoms with van der Waals surface area (Å²) in [6.07, 6.45) is 1.44. The predicted octanol–water partition coefficient (Wildman–Crippen LogP) is 1.94. The van der Waals surface area contributed by atoms with Gasteiger partial charge in [-0.25, -0.2) is 9.18 Å². The van der Waals surface area contributed by atoms with E-state index in [0.29, 0.717) is 5.52 Å². The van der Waals surface area contributed by atoms with Gasteiger partial charge in [0.05, 0.1) is 22.6 Å². The monoisotopic (exact) mass is 543 g/mol. The zero-order chi connectivity index (χ0) is 27.6. The minimum atomic E-state index is -0.915. The van der Waals surface area contributed by atoms with Crippen molar-refractivity contribution in [3.05, 3.63) is 64.1 Å². The van der Waals surface area contributed by atoms with Crippen LogP contribution in [-0.4, -0.2) is 56.9 Å². The minimum Gasteiger partial charge on any atom is -0.390 e. The largest absolute Gasteiger partial charge is 0.390 e. The number of nitrogens with zero attached hydrogens (tertiary/aromatic N) is 3. The second kappa shape index (κ2) is 11.0. The molecule has 3 amide bonds. The molecule has 11 nitrogen and oxygen atoms in total. The van der Waals surface area contributed by atoms with Gasteiger partial charge in [-0.15, -0.1) is 0 Å². The molecule has 0 saturated heterocycles. The molecule has 3 N–H and O–H groups in total. The normalized spacial score (nSPS) is 12.7. The fraction of sp³-hybridized carbons (Fsp3) is 0.280. The number of amides is 3. The van der Waals surface area contributed by atoms with Crippen LogP contribution in [0, 0.1) is 5.82 Å². The molecule has 13 heteroatoms. The lowest BCUT2D eigenvalue weighted by molar-refractivity contribution is -0.137. The summed E-state index contributed by atoms with van der Waals surface area (Å²) in [5.41, 5.74) is 5.81. The Balaban J connectivity index is 1.50. The molecule has 0 aliphatic heterocycles. The molecule has 0 atom stereocenters. The maximum Gasteiger partial charge on any atom is 0.345 e. The average Bonchev–Trinajstić information content (AvgIpc) is 3.64. The second-order valence-electron chi connectivity index (χ2n) is 8.73. The van der Waals surface area contributed by atoms with Crippen LogP contribution in [0.15, 0.2) is 36.4 Å². The zero-order valence-electron chi connectivity index (χ0n) is 20.2. The van der Waals surface area contributed by atoms with E-state index in [1.807, 2.05) is 0 Å². The van der Waals surface area contributed by atoms with Gasteiger partial charge in [-0.2, -0.15) is 5.10 Å². The first kappa shape index (κ1) is 26.7. The number of nitrogens with two attached hydrogens (primary N) is 1. The summed E-state index contributed by atoms with van der Waals surface area (Å²) >= 11 is 5.77. The van der Waals surface area contributed by atoms with Crippen molar-refractivity contribution in [1.29, 1.82) is 0 Å². The molecule has 1 heterocycles. The maximum atomic E-state index is 14.1. The van der Waals surface area contributed by atoms with Gasteiger partial charge in [0.15, 0.2) is 5.69 Å². The molecule has 1 aromatic heterocycles. The topological polar surface area (TPSA) is 154 Å². The van der Waals surface area contributed by atoms with Gasteiger partial charge in [-0.05, 0) is 37.1 Å². The molecule has 1 saturated carbocycles. The summed E-state index contributed by atoms with van der Waals surface area (Å²) in [5, 5.41) is 6.88. The number of ether oxygens (including phenoxy) is 1. The van der Waals surface area contributed by atoms with Crippen LogP contribution >= 0.6 is 11.6 Å². The molecule has 198 valence electrons. The number of aromatic nitrogens is 2. The van der Waals surface area contributed by atoms with E-state index in [1.165, 1.54) is 39.9 Å². The summed E-state index contributed by atoms with van der Waals surface area (Å²) in [4.78, 5) is 62.4. The van der Waals surface area contributed by atoms with Crippen LogP contribution in [0.3, 0.4) is 0 Å². The number of hydrogen-bond acceptors (Lipinski definition) is 7. The molecular weight excluding hydrogens is 521 g/mol. The summed E-state index contributed by atoms with van der Waals surface area (Å²) < 4.78 is 19.9. The third-order valence-electron chi connectivity index (χ3n) is 5.87. The van der Waals surface area contributed by atoms with Gasteiger partial charge >= 0.3 is 11.9 Å². The van der Waals surface area contributed by atoms with E-state index < -0.39 is 35.5 Å². The highest BCUT2D eigenvalue weighted by Gasteiger charge is 2.34. The fourth-order valence-electron chi connectivity index (χ4n) is 3.91. The number of carbonyl (C=O) groups excluding carboxylic acids is 5. The Morgan fingerprint density at radius 1 is 1.21 bits per heavy atom. The van der Waals surface area contributed by atoms with Crippen molar-refractivity contribution >= 4 is 52.2 Å². The Labute approximate surface area is 220 Å². The molecule has 0 bridgehead atoms. The lowest BCUT2D eigenvalue weighted by atomic mass is 10.1. The molecular formula is C25H23ClFN5O6. The van der Waals surface area contributed by atoms with E-state index in [4.69, 9.17) is 17.3 Å². The van der Waals surface area contributed by atoms with Crippen LogP contribution in [-0.2, 0) is 32.2 Å². The summed E-state index contributed by atoms with van der Waals surface area (Å²) in [5.74, 6) is -4.14. The van der Waals surface area contributed by atoms with Crippen molar-refractivity contribution in [2.75, 3.05) is 6.54 Å². The molecule has 0 spiro atoms. The lowest BCUT2D eigenvalue weighted by Crippen LogP contribution is -2.43. The van der Waals surface area contributed by atoms with Crippen molar-refractivity contribution in [3.63, 3.8) is 0 Å². The molecule has 0 radical (unpaired) electrons. The second-order valence-corrected chi connectivity index (χ2v) is 9.13. The molecule has 2 aromatic carbocycles. The smallest absolute Gasteiger partial charge is 0.345 e. The molecule has 38 heavy (non-hydrogen) atoms. The number of fused-ring (bicyclic) bond motifs is 1. The van der Waals surface area contributed by atoms with Crippen molar-refractivity contribution in [2.45, 2.75) is 38.9 Å². The highest BCUT2D eigenvalue weighted by Crippen LogP contribution is 2.28. The number of nitrogens with one attached hydrogen (secondary N) is 1. The fourth-order valence-corrected chi connectivity index (χ4v) is 4.11. The zero-order valence-corrected chi connectivity index (χ0v) is 21.0. The molecule has 3 aromatic rings. The van der Waals surface area contributed by atoms with Crippen molar-refractivity contribution in [2.24, 2.45) is 5.73 Å². The van der Waals surface area contributed by atoms with E-state index in [1.54, 1.807) is 6.07 Å². The van der Waals surface area contributed by atoms with Gasteiger partial charge in [-0.1, -0.05) is 23.7 Å². The summed E-state index contributed by atoms with van der Waals surface area (Å²) in [6.45, 7) is 0.413. The Kier molecular flexibility index (Phi) is 7.72. The van der Waals surface area contributed by atoms with Crippen molar-refractivity contribution in [1.82, 2.24) is 20.0 Å². The van der Waals surface area contributed by atoms with Gasteiger partial charge < -0.3 is 20.7 Å². The average molecular weight is 544 g/mol. The number of esters is 2. The number of benzene rings is 2. The maximum absolute atomic E-state index is 14.1. The lowest BCUT2D eigenvalue weighted by Gasteiger charge is -2.22. The number of halogens is 2. The van der Waals surface area contributed by atoms with Crippen LogP contribution in [0.2, 0.25) is 5.02 Å². The molecule has 0 unspecified atom stereocenters. The SMILES string of the molecule is CC(=O)OC(=O)c1ccc2c(c1)c(C(N)=O)nn2CC(=O)N(CC(=O)NCc1cccc(Cl)c1F)C1CC1. The molecule has 4 rings (SSSR count). The third kappa shape index (κ3) is 5.97. The quantitative estimate of drug-likeness (QED) is 0.309. The van der Waals surface area contributed by atoms with Gasteiger partial charge in [0.1, 0.15) is 12.4 Å². The number of hydrogen-bond donors (Lipinski definition) is 2. The number of carbonyl (C=O) groups is 5. The first-order valence-corrected chi connectivity index (χ1v) is 11.9. The Hall–Kier alpha value is -4.32. The standard InChI is InChI=1S/C25H23ClFN5O6/c1-13(33)38-25(37)14-5-8-19-17(9-14)23(24(28)36)30-32(19)12-21(35)31(16-6-7-16)11-20(34)29-10-15-3-2-4-18(26)22(15)27/h2-5,8-9,16H,6-7,10-12H2,1H3,(H2,28,36)(H,29,34). The Bertz CT molecular complexity index is 1470. The van der Waals surface area contributed by atoms with Gasteiger partial charge in [0.25, 0.3) is 5.91 Å². The van der Waals surface area contributed by atoms with Gasteiger partial charge in [0.2, 0.25) is 11.8 Å². The van der Waals surface area contributed by atoms with Crippen LogP contribution < -0.4 is 11.1 Å². The molecule has 1 aliphatic carbocycles. The summed E-state index contributed by atoms with van der Waals surface area (Å²) in [7, 11) is 0. The van der Waals surface area contributed by atoms with Gasteiger partial charge in [-0.3, -0.25) is 23.9 Å². The number of rotatable bonds is 9. The molecule has 1 aliphatic rings. The van der Waals surface area contributed by atoms with Crippen molar-refractivity contribution < 1.29 is 33.1 Å². The van der Waals surface area contributed by atoms with E-state index in [-0.39, 0.29) is 52.9 Å². The molecule has 1 fully saturated rings. The van der Waals surface area contributed by atoms with Crippen LogP contribution in [0.1, 0.15) is 46.2 Å². The number of primary amides is 1. The highest BCUT2D eigenvalue weighted by molar-refractivity contribution is 6.30. The predicted molar refractivity (Wildman–Crippen MR) is 132 cm³/mol. The van der Waals surface area contributed by atoms with E-state index in [0.717, 1.165) is 19.8 Å². The van der Waals surface area contributed by atoms with Crippen LogP contribution in [0.5, 0.6) is 0 Å². The van der Waals surface area contributed by atoms with Crippen LogP contribution in [0.25, 0.3) is 10.9 Å². The highest BCUT2D eigenvalue weighted by atomic mass is 35.5. The van der Waals surface area contributed by atoms with Gasteiger partial charge in [0, 0.05) is 30.5 Å². The van der Waals surface area contributed by atoms with Crippen LogP contribution in [0.4, 0.5) is 4.39 Å². The van der Waals surface area contributed by atoms with E-state index in [9.17, 15) is 28.4 Å². The Morgan fingerprint density at radius 3 is 2.61 bits per heavy atom. The first-order valence-electron chi connectivity index (χ1n) is 11.6. The van der Waals surface area contributed by atoms with E-state index >= 15 is 0 Å². The first-order chi connectivity index (χ1) is 18.0. The van der Waals surface area contributed by atoms with Crippen molar-refractivity contribution in [3.8, 4) is 0 Å².